The second kappa shape index (κ2) is 7.80. The molecular formula is C17H15FO6S. The monoisotopic (exact) mass is 366 g/mol. The highest BCUT2D eigenvalue weighted by molar-refractivity contribution is 7.87. The Morgan fingerprint density at radius 2 is 1.72 bits per heavy atom. The fourth-order valence-electron chi connectivity index (χ4n) is 1.86. The number of methoxy groups -OCH3 is 2. The average molecular weight is 366 g/mol. The summed E-state index contributed by atoms with van der Waals surface area (Å²) in [6.45, 7) is 0. The molecule has 0 aromatic heterocycles. The number of esters is 1. The topological polar surface area (TPSA) is 78.9 Å². The van der Waals surface area contributed by atoms with Crippen LogP contribution in [0.3, 0.4) is 0 Å². The van der Waals surface area contributed by atoms with Gasteiger partial charge in [0.1, 0.15) is 10.7 Å². The van der Waals surface area contributed by atoms with Gasteiger partial charge >= 0.3 is 16.1 Å². The Bertz CT molecular complexity index is 888. The number of rotatable bonds is 6. The molecule has 0 saturated carbocycles. The van der Waals surface area contributed by atoms with Gasteiger partial charge < -0.3 is 13.7 Å². The van der Waals surface area contributed by atoms with E-state index >= 15 is 0 Å². The lowest BCUT2D eigenvalue weighted by molar-refractivity contribution is -0.134. The molecule has 0 atom stereocenters. The Hall–Kier alpha value is -2.87. The summed E-state index contributed by atoms with van der Waals surface area (Å²) in [5.41, 5.74) is 0.578. The van der Waals surface area contributed by atoms with Crippen molar-refractivity contribution in [3.05, 3.63) is 59.9 Å². The van der Waals surface area contributed by atoms with Crippen LogP contribution in [0.15, 0.2) is 53.4 Å². The standard InChI is InChI=1S/C17H15FO6S/c1-22-16-11-12(4-10-17(19)23-2)3-9-15(16)24-25(20,21)14-7-5-13(18)6-8-14/h3-11H,1-2H3/b10-4+. The third-order valence-electron chi connectivity index (χ3n) is 3.10. The first-order valence-corrected chi connectivity index (χ1v) is 8.40. The van der Waals surface area contributed by atoms with E-state index in [0.29, 0.717) is 5.56 Å². The Labute approximate surface area is 144 Å². The maximum Gasteiger partial charge on any atom is 0.339 e. The molecule has 0 saturated heterocycles. The van der Waals surface area contributed by atoms with Gasteiger partial charge in [-0.15, -0.1) is 0 Å². The lowest BCUT2D eigenvalue weighted by atomic mass is 10.2. The van der Waals surface area contributed by atoms with Gasteiger partial charge in [0.2, 0.25) is 0 Å². The average Bonchev–Trinajstić information content (AvgIpc) is 2.60. The van der Waals surface area contributed by atoms with E-state index in [1.807, 2.05) is 0 Å². The van der Waals surface area contributed by atoms with Gasteiger partial charge in [-0.25, -0.2) is 9.18 Å². The molecule has 25 heavy (non-hydrogen) atoms. The van der Waals surface area contributed by atoms with Crippen molar-refractivity contribution in [3.8, 4) is 11.5 Å². The summed E-state index contributed by atoms with van der Waals surface area (Å²) < 4.78 is 52.1. The van der Waals surface area contributed by atoms with Gasteiger partial charge in [-0.3, -0.25) is 0 Å². The van der Waals surface area contributed by atoms with Gasteiger partial charge in [-0.2, -0.15) is 8.42 Å². The molecule has 0 fully saturated rings. The van der Waals surface area contributed by atoms with Crippen LogP contribution in [-0.2, 0) is 19.6 Å². The number of ether oxygens (including phenoxy) is 2. The van der Waals surface area contributed by atoms with Crippen LogP contribution in [0.25, 0.3) is 6.08 Å². The quantitative estimate of drug-likeness (QED) is 0.444. The van der Waals surface area contributed by atoms with Gasteiger partial charge in [0.25, 0.3) is 0 Å². The largest absolute Gasteiger partial charge is 0.493 e. The SMILES string of the molecule is COC(=O)/C=C/c1ccc(OS(=O)(=O)c2ccc(F)cc2)c(OC)c1. The minimum absolute atomic E-state index is 0.0398. The van der Waals surface area contributed by atoms with Crippen molar-refractivity contribution in [2.24, 2.45) is 0 Å². The van der Waals surface area contributed by atoms with E-state index < -0.39 is 21.9 Å². The van der Waals surface area contributed by atoms with Crippen LogP contribution in [0.1, 0.15) is 5.56 Å². The summed E-state index contributed by atoms with van der Waals surface area (Å²) in [5.74, 6) is -0.976. The first-order valence-electron chi connectivity index (χ1n) is 7.00. The van der Waals surface area contributed by atoms with Crippen molar-refractivity contribution >= 4 is 22.2 Å². The molecule has 0 heterocycles. The van der Waals surface area contributed by atoms with E-state index in [-0.39, 0.29) is 16.4 Å². The molecule has 0 aliphatic rings. The number of halogens is 1. The summed E-state index contributed by atoms with van der Waals surface area (Å²) >= 11 is 0. The Kier molecular flexibility index (Phi) is 5.76. The third-order valence-corrected chi connectivity index (χ3v) is 4.35. The van der Waals surface area contributed by atoms with E-state index in [4.69, 9.17) is 8.92 Å². The van der Waals surface area contributed by atoms with Gasteiger partial charge in [0.15, 0.2) is 11.5 Å². The summed E-state index contributed by atoms with van der Waals surface area (Å²) in [6, 6.07) is 8.67. The number of hydrogen-bond donors (Lipinski definition) is 0. The number of carbonyl (C=O) groups excluding carboxylic acids is 1. The maximum atomic E-state index is 12.9. The van der Waals surface area contributed by atoms with Gasteiger partial charge in [0, 0.05) is 6.08 Å². The molecule has 2 aromatic carbocycles. The molecule has 2 aromatic rings. The normalized spacial score (nSPS) is 11.3. The fraction of sp³-hybridized carbons (Fsp3) is 0.118. The predicted octanol–water partition coefficient (Wildman–Crippen LogP) is 2.79. The molecule has 0 spiro atoms. The lowest BCUT2D eigenvalue weighted by Gasteiger charge is -2.11. The molecule has 0 radical (unpaired) electrons. The van der Waals surface area contributed by atoms with Crippen LogP contribution in [0.4, 0.5) is 4.39 Å². The first-order chi connectivity index (χ1) is 11.9. The molecule has 0 unspecified atom stereocenters. The van der Waals surface area contributed by atoms with E-state index in [2.05, 4.69) is 4.74 Å². The van der Waals surface area contributed by atoms with E-state index in [1.165, 1.54) is 44.6 Å². The maximum absolute atomic E-state index is 12.9. The lowest BCUT2D eigenvalue weighted by Crippen LogP contribution is -2.10. The van der Waals surface area contributed by atoms with Crippen LogP contribution >= 0.6 is 0 Å². The van der Waals surface area contributed by atoms with E-state index in [9.17, 15) is 17.6 Å². The highest BCUT2D eigenvalue weighted by Gasteiger charge is 2.19. The number of carbonyl (C=O) groups is 1. The van der Waals surface area contributed by atoms with E-state index in [1.54, 1.807) is 0 Å². The molecule has 0 N–H and O–H groups in total. The highest BCUT2D eigenvalue weighted by Crippen LogP contribution is 2.31. The second-order valence-corrected chi connectivity index (χ2v) is 6.30. The summed E-state index contributed by atoms with van der Waals surface area (Å²) in [6.07, 6.45) is 2.69. The minimum Gasteiger partial charge on any atom is -0.493 e. The Morgan fingerprint density at radius 1 is 1.04 bits per heavy atom. The zero-order chi connectivity index (χ0) is 18.4. The zero-order valence-electron chi connectivity index (χ0n) is 13.4. The molecule has 8 heteroatoms. The molecule has 132 valence electrons. The van der Waals surface area contributed by atoms with Crippen LogP contribution < -0.4 is 8.92 Å². The first kappa shape index (κ1) is 18.5. The summed E-state index contributed by atoms with van der Waals surface area (Å²) in [5, 5.41) is 0. The van der Waals surface area contributed by atoms with Crippen molar-refractivity contribution in [2.45, 2.75) is 4.90 Å². The zero-order valence-corrected chi connectivity index (χ0v) is 14.2. The molecule has 0 aliphatic heterocycles. The van der Waals surface area contributed by atoms with Crippen LogP contribution in [0, 0.1) is 5.82 Å². The predicted molar refractivity (Wildman–Crippen MR) is 88.3 cm³/mol. The smallest absolute Gasteiger partial charge is 0.339 e. The molecule has 2 rings (SSSR count). The summed E-state index contributed by atoms with van der Waals surface area (Å²) in [4.78, 5) is 10.9. The van der Waals surface area contributed by atoms with Crippen LogP contribution in [0.2, 0.25) is 0 Å². The van der Waals surface area contributed by atoms with Crippen LogP contribution in [-0.4, -0.2) is 28.6 Å². The molecule has 0 bridgehead atoms. The number of hydrogen-bond acceptors (Lipinski definition) is 6. The fourth-order valence-corrected chi connectivity index (χ4v) is 2.80. The van der Waals surface area contributed by atoms with Crippen LogP contribution in [0.5, 0.6) is 11.5 Å². The third kappa shape index (κ3) is 4.80. The van der Waals surface area contributed by atoms with Crippen molar-refractivity contribution in [1.82, 2.24) is 0 Å². The number of benzene rings is 2. The Balaban J connectivity index is 2.28. The summed E-state index contributed by atoms with van der Waals surface area (Å²) in [7, 11) is -1.54. The van der Waals surface area contributed by atoms with Crippen molar-refractivity contribution in [3.63, 3.8) is 0 Å². The second-order valence-electron chi connectivity index (χ2n) is 4.76. The molecule has 0 aliphatic carbocycles. The highest BCUT2D eigenvalue weighted by atomic mass is 32.2. The van der Waals surface area contributed by atoms with Crippen molar-refractivity contribution in [1.29, 1.82) is 0 Å². The molecule has 0 amide bonds. The van der Waals surface area contributed by atoms with Crippen molar-refractivity contribution < 1.29 is 31.3 Å². The van der Waals surface area contributed by atoms with Crippen molar-refractivity contribution in [2.75, 3.05) is 14.2 Å². The molecular weight excluding hydrogens is 351 g/mol. The van der Waals surface area contributed by atoms with E-state index in [0.717, 1.165) is 24.3 Å². The van der Waals surface area contributed by atoms with Gasteiger partial charge in [-0.05, 0) is 48.0 Å². The van der Waals surface area contributed by atoms with Gasteiger partial charge in [0.05, 0.1) is 14.2 Å². The Morgan fingerprint density at radius 3 is 2.32 bits per heavy atom. The molecule has 6 nitrogen and oxygen atoms in total. The van der Waals surface area contributed by atoms with Gasteiger partial charge in [-0.1, -0.05) is 6.07 Å². The minimum atomic E-state index is -4.14.